The first-order valence-corrected chi connectivity index (χ1v) is 6.87. The molecule has 3 heteroatoms. The lowest BCUT2D eigenvalue weighted by molar-refractivity contribution is 0.296. The van der Waals surface area contributed by atoms with Gasteiger partial charge in [-0.05, 0) is 23.1 Å². The van der Waals surface area contributed by atoms with Gasteiger partial charge < -0.3 is 10.5 Å². The van der Waals surface area contributed by atoms with Crippen LogP contribution < -0.4 is 10.5 Å². The number of pyridine rings is 1. The van der Waals surface area contributed by atoms with E-state index in [-0.39, 0.29) is 5.41 Å². The van der Waals surface area contributed by atoms with Crippen molar-refractivity contribution < 1.29 is 4.74 Å². The Bertz CT molecular complexity index is 573. The number of para-hydroxylation sites is 1. The summed E-state index contributed by atoms with van der Waals surface area (Å²) in [6.07, 6.45) is 1.76. The van der Waals surface area contributed by atoms with Crippen LogP contribution in [0.4, 0.5) is 0 Å². The molecule has 0 unspecified atom stereocenters. The van der Waals surface area contributed by atoms with Crippen LogP contribution in [0.1, 0.15) is 37.6 Å². The molecule has 2 rings (SSSR count). The van der Waals surface area contributed by atoms with E-state index in [0.29, 0.717) is 13.2 Å². The molecule has 20 heavy (non-hydrogen) atoms. The van der Waals surface area contributed by atoms with Crippen molar-refractivity contribution in [2.45, 2.75) is 39.3 Å². The van der Waals surface area contributed by atoms with E-state index < -0.39 is 0 Å². The van der Waals surface area contributed by atoms with Crippen LogP contribution >= 0.6 is 0 Å². The average molecular weight is 270 g/mol. The van der Waals surface area contributed by atoms with E-state index in [1.165, 1.54) is 5.56 Å². The van der Waals surface area contributed by atoms with Crippen molar-refractivity contribution in [1.29, 1.82) is 0 Å². The van der Waals surface area contributed by atoms with E-state index >= 15 is 0 Å². The molecule has 0 fully saturated rings. The molecular weight excluding hydrogens is 248 g/mol. The second-order valence-corrected chi connectivity index (χ2v) is 5.85. The zero-order valence-corrected chi connectivity index (χ0v) is 12.4. The molecule has 0 saturated carbocycles. The molecule has 0 spiro atoms. The Kier molecular flexibility index (Phi) is 4.40. The Labute approximate surface area is 120 Å². The highest BCUT2D eigenvalue weighted by atomic mass is 16.5. The van der Waals surface area contributed by atoms with Crippen LogP contribution in [0.15, 0.2) is 42.6 Å². The van der Waals surface area contributed by atoms with E-state index in [4.69, 9.17) is 10.5 Å². The van der Waals surface area contributed by atoms with Crippen molar-refractivity contribution >= 4 is 0 Å². The molecule has 106 valence electrons. The van der Waals surface area contributed by atoms with Gasteiger partial charge in [-0.3, -0.25) is 4.98 Å². The lowest BCUT2D eigenvalue weighted by Crippen LogP contribution is -2.14. The lowest BCUT2D eigenvalue weighted by atomic mass is 9.86. The fourth-order valence-electron chi connectivity index (χ4n) is 2.15. The molecule has 0 aliphatic rings. The molecule has 0 radical (unpaired) electrons. The monoisotopic (exact) mass is 270 g/mol. The Morgan fingerprint density at radius 3 is 2.55 bits per heavy atom. The minimum absolute atomic E-state index is 0.0578. The Hall–Kier alpha value is -1.87. The quantitative estimate of drug-likeness (QED) is 0.926. The van der Waals surface area contributed by atoms with Crippen LogP contribution in [0, 0.1) is 0 Å². The van der Waals surface area contributed by atoms with Gasteiger partial charge in [0.25, 0.3) is 0 Å². The molecule has 0 saturated heterocycles. The summed E-state index contributed by atoms with van der Waals surface area (Å²) in [5.74, 6) is 0.923. The van der Waals surface area contributed by atoms with Crippen LogP contribution in [0.2, 0.25) is 0 Å². The van der Waals surface area contributed by atoms with Crippen molar-refractivity contribution in [1.82, 2.24) is 4.98 Å². The largest absolute Gasteiger partial charge is 0.489 e. The number of ether oxygens (including phenoxy) is 1. The van der Waals surface area contributed by atoms with Gasteiger partial charge in [0.05, 0.1) is 5.69 Å². The molecule has 1 aromatic heterocycles. The van der Waals surface area contributed by atoms with Crippen LogP contribution in [-0.4, -0.2) is 4.98 Å². The maximum absolute atomic E-state index is 6.00. The van der Waals surface area contributed by atoms with Crippen LogP contribution in [0.5, 0.6) is 5.75 Å². The highest BCUT2D eigenvalue weighted by Gasteiger charge is 2.18. The second-order valence-electron chi connectivity index (χ2n) is 5.85. The minimum atomic E-state index is 0.0578. The zero-order valence-electron chi connectivity index (χ0n) is 12.4. The first kappa shape index (κ1) is 14.5. The van der Waals surface area contributed by atoms with Gasteiger partial charge in [-0.1, -0.05) is 45.0 Å². The standard InChI is InChI=1S/C17H22N2O/c1-17(2,3)14-8-4-5-9-16(14)20-12-13-7-6-10-19-15(13)11-18/h4-10H,11-12,18H2,1-3H3. The molecule has 0 bridgehead atoms. The van der Waals surface area contributed by atoms with Gasteiger partial charge in [0.2, 0.25) is 0 Å². The van der Waals surface area contributed by atoms with E-state index in [2.05, 4.69) is 31.8 Å². The van der Waals surface area contributed by atoms with E-state index in [1.807, 2.05) is 30.3 Å². The van der Waals surface area contributed by atoms with Crippen molar-refractivity contribution in [3.05, 3.63) is 59.4 Å². The summed E-state index contributed by atoms with van der Waals surface area (Å²) in [6, 6.07) is 12.1. The predicted octanol–water partition coefficient (Wildman–Crippen LogP) is 3.42. The van der Waals surface area contributed by atoms with Crippen LogP contribution in [-0.2, 0) is 18.6 Å². The van der Waals surface area contributed by atoms with Crippen molar-refractivity contribution in [2.24, 2.45) is 5.73 Å². The summed E-state index contributed by atoms with van der Waals surface area (Å²) >= 11 is 0. The Morgan fingerprint density at radius 2 is 1.85 bits per heavy atom. The molecule has 1 heterocycles. The molecule has 0 atom stereocenters. The molecule has 0 aliphatic carbocycles. The third-order valence-electron chi connectivity index (χ3n) is 3.26. The van der Waals surface area contributed by atoms with Gasteiger partial charge in [-0.2, -0.15) is 0 Å². The summed E-state index contributed by atoms with van der Waals surface area (Å²) in [5, 5.41) is 0. The van der Waals surface area contributed by atoms with E-state index in [9.17, 15) is 0 Å². The molecule has 1 aromatic carbocycles. The summed E-state index contributed by atoms with van der Waals surface area (Å²) < 4.78 is 6.00. The van der Waals surface area contributed by atoms with E-state index in [1.54, 1.807) is 6.20 Å². The highest BCUT2D eigenvalue weighted by molar-refractivity contribution is 5.38. The maximum atomic E-state index is 6.00. The summed E-state index contributed by atoms with van der Waals surface area (Å²) in [7, 11) is 0. The number of hydrogen-bond donors (Lipinski definition) is 1. The minimum Gasteiger partial charge on any atom is -0.489 e. The molecule has 3 nitrogen and oxygen atoms in total. The number of nitrogens with zero attached hydrogens (tertiary/aromatic N) is 1. The normalized spacial score (nSPS) is 11.4. The molecule has 0 amide bonds. The van der Waals surface area contributed by atoms with Crippen LogP contribution in [0.3, 0.4) is 0 Å². The SMILES string of the molecule is CC(C)(C)c1ccccc1OCc1cccnc1CN. The Morgan fingerprint density at radius 1 is 1.10 bits per heavy atom. The average Bonchev–Trinajstić information content (AvgIpc) is 2.44. The number of benzene rings is 1. The molecule has 0 aliphatic heterocycles. The number of hydrogen-bond acceptors (Lipinski definition) is 3. The summed E-state index contributed by atoms with van der Waals surface area (Å²) in [4.78, 5) is 4.28. The third-order valence-corrected chi connectivity index (χ3v) is 3.26. The fraction of sp³-hybridized carbons (Fsp3) is 0.353. The predicted molar refractivity (Wildman–Crippen MR) is 81.6 cm³/mol. The van der Waals surface area contributed by atoms with Crippen molar-refractivity contribution in [3.8, 4) is 5.75 Å². The van der Waals surface area contributed by atoms with E-state index in [0.717, 1.165) is 17.0 Å². The summed E-state index contributed by atoms with van der Waals surface area (Å²) in [5.41, 5.74) is 8.90. The van der Waals surface area contributed by atoms with Gasteiger partial charge in [-0.15, -0.1) is 0 Å². The lowest BCUT2D eigenvalue weighted by Gasteiger charge is -2.22. The van der Waals surface area contributed by atoms with Gasteiger partial charge in [-0.25, -0.2) is 0 Å². The second kappa shape index (κ2) is 6.06. The van der Waals surface area contributed by atoms with Gasteiger partial charge in [0, 0.05) is 18.3 Å². The van der Waals surface area contributed by atoms with Crippen LogP contribution in [0.25, 0.3) is 0 Å². The Balaban J connectivity index is 2.20. The first-order chi connectivity index (χ1) is 9.52. The highest BCUT2D eigenvalue weighted by Crippen LogP contribution is 2.31. The number of rotatable bonds is 4. The number of aromatic nitrogens is 1. The molecule has 2 aromatic rings. The first-order valence-electron chi connectivity index (χ1n) is 6.87. The number of nitrogens with two attached hydrogens (primary N) is 1. The van der Waals surface area contributed by atoms with Gasteiger partial charge >= 0.3 is 0 Å². The topological polar surface area (TPSA) is 48.1 Å². The smallest absolute Gasteiger partial charge is 0.123 e. The van der Waals surface area contributed by atoms with Gasteiger partial charge in [0.1, 0.15) is 12.4 Å². The molecular formula is C17H22N2O. The van der Waals surface area contributed by atoms with Crippen molar-refractivity contribution in [2.75, 3.05) is 0 Å². The third kappa shape index (κ3) is 3.36. The fourth-order valence-corrected chi connectivity index (χ4v) is 2.15. The van der Waals surface area contributed by atoms with Gasteiger partial charge in [0.15, 0.2) is 0 Å². The maximum Gasteiger partial charge on any atom is 0.123 e. The zero-order chi connectivity index (χ0) is 14.6. The van der Waals surface area contributed by atoms with Crippen molar-refractivity contribution in [3.63, 3.8) is 0 Å². The molecule has 2 N–H and O–H groups in total. The summed E-state index contributed by atoms with van der Waals surface area (Å²) in [6.45, 7) is 7.48.